The molecule has 0 aromatic carbocycles. The summed E-state index contributed by atoms with van der Waals surface area (Å²) in [6, 6.07) is 4.60. The van der Waals surface area contributed by atoms with Gasteiger partial charge in [-0.3, -0.25) is 9.71 Å². The zero-order valence-electron chi connectivity index (χ0n) is 8.84. The first-order valence-corrected chi connectivity index (χ1v) is 7.38. The molecule has 0 unspecified atom stereocenters. The van der Waals surface area contributed by atoms with Gasteiger partial charge in [0.2, 0.25) is 0 Å². The Hall–Kier alpha value is -1.18. The van der Waals surface area contributed by atoms with Gasteiger partial charge in [0, 0.05) is 23.1 Å². The van der Waals surface area contributed by atoms with Gasteiger partial charge in [0.15, 0.2) is 5.82 Å². The summed E-state index contributed by atoms with van der Waals surface area (Å²) in [6.45, 7) is 0. The average Bonchev–Trinajstić information content (AvgIpc) is 2.32. The van der Waals surface area contributed by atoms with E-state index in [9.17, 15) is 8.42 Å². The second-order valence-corrected chi connectivity index (χ2v) is 6.28. The van der Waals surface area contributed by atoms with E-state index in [1.807, 2.05) is 0 Å². The number of halogens is 2. The predicted molar refractivity (Wildman–Crippen MR) is 72.0 cm³/mol. The summed E-state index contributed by atoms with van der Waals surface area (Å²) in [4.78, 5) is 7.68. The second-order valence-electron chi connectivity index (χ2n) is 3.28. The molecule has 2 aromatic rings. The summed E-state index contributed by atoms with van der Waals surface area (Å²) in [7, 11) is -3.75. The third kappa shape index (κ3) is 2.98. The molecule has 0 bridgehead atoms. The van der Waals surface area contributed by atoms with Crippen LogP contribution >= 0.6 is 27.5 Å². The van der Waals surface area contributed by atoms with Crippen molar-refractivity contribution in [3.8, 4) is 0 Å². The fourth-order valence-electron chi connectivity index (χ4n) is 1.19. The van der Waals surface area contributed by atoms with Crippen molar-refractivity contribution in [3.63, 3.8) is 0 Å². The molecule has 0 saturated carbocycles. The SMILES string of the molecule is O=S(=O)(Nc1ncccc1Cl)c1cncc(Br)c1. The molecule has 2 aromatic heterocycles. The third-order valence-corrected chi connectivity index (χ3v) is 4.02. The van der Waals surface area contributed by atoms with Gasteiger partial charge < -0.3 is 0 Å². The molecule has 2 heterocycles. The van der Waals surface area contributed by atoms with Crippen LogP contribution in [-0.2, 0) is 10.0 Å². The predicted octanol–water partition coefficient (Wildman–Crippen LogP) is 2.69. The average molecular weight is 349 g/mol. The maximum Gasteiger partial charge on any atom is 0.264 e. The largest absolute Gasteiger partial charge is 0.264 e. The Morgan fingerprint density at radius 3 is 2.78 bits per heavy atom. The lowest BCUT2D eigenvalue weighted by atomic mass is 10.5. The van der Waals surface area contributed by atoms with Gasteiger partial charge in [-0.25, -0.2) is 13.4 Å². The number of aromatic nitrogens is 2. The first-order valence-electron chi connectivity index (χ1n) is 4.73. The van der Waals surface area contributed by atoms with E-state index in [1.165, 1.54) is 24.7 Å². The van der Waals surface area contributed by atoms with Crippen LogP contribution in [0, 0.1) is 0 Å². The summed E-state index contributed by atoms with van der Waals surface area (Å²) in [5.41, 5.74) is 0. The van der Waals surface area contributed by atoms with Crippen molar-refractivity contribution >= 4 is 43.4 Å². The second kappa shape index (κ2) is 5.21. The number of rotatable bonds is 3. The monoisotopic (exact) mass is 347 g/mol. The minimum absolute atomic E-state index is 0.0265. The smallest absolute Gasteiger partial charge is 0.262 e. The first kappa shape index (κ1) is 13.3. The van der Waals surface area contributed by atoms with Crippen LogP contribution in [0.4, 0.5) is 5.82 Å². The molecule has 8 heteroatoms. The fraction of sp³-hybridized carbons (Fsp3) is 0. The van der Waals surface area contributed by atoms with Gasteiger partial charge in [-0.2, -0.15) is 0 Å². The number of hydrogen-bond acceptors (Lipinski definition) is 4. The lowest BCUT2D eigenvalue weighted by molar-refractivity contribution is 0.600. The summed E-state index contributed by atoms with van der Waals surface area (Å²) in [5.74, 6) is 0.0825. The molecular weight excluding hydrogens is 342 g/mol. The number of hydrogen-bond donors (Lipinski definition) is 1. The van der Waals surface area contributed by atoms with Gasteiger partial charge in [-0.1, -0.05) is 11.6 Å². The third-order valence-electron chi connectivity index (χ3n) is 1.98. The number of anilines is 1. The molecule has 0 aliphatic carbocycles. The van der Waals surface area contributed by atoms with Crippen LogP contribution in [0.25, 0.3) is 0 Å². The van der Waals surface area contributed by atoms with Crippen LogP contribution in [-0.4, -0.2) is 18.4 Å². The molecule has 5 nitrogen and oxygen atoms in total. The normalized spacial score (nSPS) is 11.2. The van der Waals surface area contributed by atoms with E-state index >= 15 is 0 Å². The topological polar surface area (TPSA) is 72.0 Å². The van der Waals surface area contributed by atoms with Gasteiger partial charge in [0.05, 0.1) is 5.02 Å². The van der Waals surface area contributed by atoms with Gasteiger partial charge in [-0.05, 0) is 34.1 Å². The maximum absolute atomic E-state index is 12.0. The first-order chi connectivity index (χ1) is 8.49. The van der Waals surface area contributed by atoms with E-state index in [0.717, 1.165) is 0 Å². The van der Waals surface area contributed by atoms with Crippen molar-refractivity contribution in [2.24, 2.45) is 0 Å². The minimum Gasteiger partial charge on any atom is -0.262 e. The van der Waals surface area contributed by atoms with Gasteiger partial charge in [0.1, 0.15) is 4.90 Å². The molecule has 0 aliphatic rings. The molecule has 0 atom stereocenters. The molecule has 94 valence electrons. The fourth-order valence-corrected chi connectivity index (χ4v) is 2.94. The summed E-state index contributed by atoms with van der Waals surface area (Å²) in [6.07, 6.45) is 4.18. The lowest BCUT2D eigenvalue weighted by Gasteiger charge is -2.08. The van der Waals surface area contributed by atoms with Crippen molar-refractivity contribution in [1.82, 2.24) is 9.97 Å². The quantitative estimate of drug-likeness (QED) is 0.925. The highest BCUT2D eigenvalue weighted by Crippen LogP contribution is 2.22. The van der Waals surface area contributed by atoms with Crippen LogP contribution in [0.3, 0.4) is 0 Å². The standard InChI is InChI=1S/C10H7BrClN3O2S/c11-7-4-8(6-13-5-7)18(16,17)15-10-9(12)2-1-3-14-10/h1-6H,(H,14,15). The molecule has 0 amide bonds. The highest BCUT2D eigenvalue weighted by atomic mass is 79.9. The zero-order chi connectivity index (χ0) is 13.2. The minimum atomic E-state index is -3.75. The number of nitrogens with one attached hydrogen (secondary N) is 1. The van der Waals surface area contributed by atoms with Crippen LogP contribution in [0.5, 0.6) is 0 Å². The van der Waals surface area contributed by atoms with Gasteiger partial charge in [-0.15, -0.1) is 0 Å². The highest BCUT2D eigenvalue weighted by Gasteiger charge is 2.17. The summed E-state index contributed by atoms with van der Waals surface area (Å²) >= 11 is 8.99. The van der Waals surface area contributed by atoms with Crippen LogP contribution in [0.1, 0.15) is 0 Å². The molecule has 0 fully saturated rings. The Balaban J connectivity index is 2.37. The molecular formula is C10H7BrClN3O2S. The van der Waals surface area contributed by atoms with Crippen LogP contribution < -0.4 is 4.72 Å². The van der Waals surface area contributed by atoms with Gasteiger partial charge in [0.25, 0.3) is 10.0 Å². The molecule has 1 N–H and O–H groups in total. The summed E-state index contributed by atoms with van der Waals surface area (Å²) < 4.78 is 26.9. The van der Waals surface area contributed by atoms with Crippen LogP contribution in [0.2, 0.25) is 5.02 Å². The molecule has 2 rings (SSSR count). The van der Waals surface area contributed by atoms with Crippen molar-refractivity contribution in [3.05, 3.63) is 46.3 Å². The Morgan fingerprint density at radius 1 is 1.33 bits per heavy atom. The summed E-state index contributed by atoms with van der Waals surface area (Å²) in [5, 5.41) is 0.226. The van der Waals surface area contributed by atoms with E-state index in [-0.39, 0.29) is 15.7 Å². The Labute approximate surface area is 117 Å². The van der Waals surface area contributed by atoms with Gasteiger partial charge >= 0.3 is 0 Å². The van der Waals surface area contributed by atoms with E-state index in [1.54, 1.807) is 12.1 Å². The van der Waals surface area contributed by atoms with Crippen molar-refractivity contribution in [2.45, 2.75) is 4.90 Å². The Kier molecular flexibility index (Phi) is 3.84. The number of sulfonamides is 1. The van der Waals surface area contributed by atoms with E-state index in [0.29, 0.717) is 4.47 Å². The molecule has 0 radical (unpaired) electrons. The molecule has 18 heavy (non-hydrogen) atoms. The number of pyridine rings is 2. The maximum atomic E-state index is 12.0. The van der Waals surface area contributed by atoms with Crippen molar-refractivity contribution < 1.29 is 8.42 Å². The van der Waals surface area contributed by atoms with E-state index in [4.69, 9.17) is 11.6 Å². The molecule has 0 spiro atoms. The van der Waals surface area contributed by atoms with E-state index in [2.05, 4.69) is 30.6 Å². The molecule has 0 saturated heterocycles. The van der Waals surface area contributed by atoms with Crippen molar-refractivity contribution in [1.29, 1.82) is 0 Å². The van der Waals surface area contributed by atoms with Crippen LogP contribution in [0.15, 0.2) is 46.2 Å². The lowest BCUT2D eigenvalue weighted by Crippen LogP contribution is -2.14. The number of nitrogens with zero attached hydrogens (tertiary/aromatic N) is 2. The van der Waals surface area contributed by atoms with Crippen molar-refractivity contribution in [2.75, 3.05) is 4.72 Å². The Morgan fingerprint density at radius 2 is 2.11 bits per heavy atom. The zero-order valence-corrected chi connectivity index (χ0v) is 12.0. The van der Waals surface area contributed by atoms with E-state index < -0.39 is 10.0 Å². The molecule has 0 aliphatic heterocycles. The Bertz CT molecular complexity index is 678. The highest BCUT2D eigenvalue weighted by molar-refractivity contribution is 9.10.